The van der Waals surface area contributed by atoms with Crippen molar-refractivity contribution in [2.45, 2.75) is 25.8 Å². The Morgan fingerprint density at radius 3 is 2.65 bits per heavy atom. The normalized spacial score (nSPS) is 14.9. The van der Waals surface area contributed by atoms with Crippen LogP contribution in [0, 0.1) is 12.8 Å². The molecule has 2 aromatic heterocycles. The highest BCUT2D eigenvalue weighted by Gasteiger charge is 2.37. The quantitative estimate of drug-likeness (QED) is 0.136. The van der Waals surface area contributed by atoms with Crippen molar-refractivity contribution in [2.24, 2.45) is 5.92 Å². The molecule has 0 bridgehead atoms. The summed E-state index contributed by atoms with van der Waals surface area (Å²) in [6, 6.07) is 25.9. The predicted molar refractivity (Wildman–Crippen MR) is 177 cm³/mol. The molecule has 5 aromatic rings. The summed E-state index contributed by atoms with van der Waals surface area (Å²) in [5, 5.41) is 21.7. The molecule has 3 aromatic carbocycles. The molecule has 0 spiro atoms. The van der Waals surface area contributed by atoms with E-state index in [2.05, 4.69) is 30.9 Å². The fraction of sp³-hybridized carbons (Fsp3) is 0.194. The number of aromatic nitrogens is 3. The number of aryl methyl sites for hydroxylation is 1. The first-order chi connectivity index (χ1) is 22.4. The molecule has 4 N–H and O–H groups in total. The van der Waals surface area contributed by atoms with Crippen LogP contribution < -0.4 is 16.0 Å². The maximum Gasteiger partial charge on any atom is 0.251 e. The maximum absolute atomic E-state index is 14.1. The van der Waals surface area contributed by atoms with Crippen LogP contribution in [0.15, 0.2) is 104 Å². The molecule has 0 saturated carbocycles. The number of benzene rings is 3. The van der Waals surface area contributed by atoms with Crippen molar-refractivity contribution in [1.29, 1.82) is 0 Å². The number of hydrogen-bond donors (Lipinski definition) is 4. The molecule has 10 nitrogen and oxygen atoms in total. The summed E-state index contributed by atoms with van der Waals surface area (Å²) in [5.41, 5.74) is 6.68. The van der Waals surface area contributed by atoms with Gasteiger partial charge in [-0.05, 0) is 66.8 Å². The van der Waals surface area contributed by atoms with Gasteiger partial charge in [-0.2, -0.15) is 5.06 Å². The Morgan fingerprint density at radius 1 is 1.02 bits per heavy atom. The number of hydroxylamine groups is 2. The zero-order chi connectivity index (χ0) is 32.0. The Labute approximate surface area is 267 Å². The van der Waals surface area contributed by atoms with Crippen molar-refractivity contribution in [3.63, 3.8) is 0 Å². The standard InChI is InChI=1S/C36H35N7O3/c1-23-13-14-25(19-31(23)42-36-39-17-15-29(41-36)26-10-7-16-38-21-26)32(44)20-27(18-24-8-4-3-5-9-24)34-33-28(35(45)37-2)11-6-12-30(33)40-22-43(34)46/h3-17,19,21,27,34,40,46H,18,20,22H2,1-2H3,(H,37,45)(H,39,41,42)/t27?,34-/m0/s1. The number of hydrogen-bond acceptors (Lipinski definition) is 9. The summed E-state index contributed by atoms with van der Waals surface area (Å²) in [6.07, 6.45) is 5.79. The first-order valence-electron chi connectivity index (χ1n) is 15.1. The molecule has 10 heteroatoms. The largest absolute Gasteiger partial charge is 0.370 e. The monoisotopic (exact) mass is 613 g/mol. The minimum atomic E-state index is -0.611. The summed E-state index contributed by atoms with van der Waals surface area (Å²) in [6.45, 7) is 2.11. The number of Topliss-reactive ketones (excluding diaryl/α,β-unsaturated/α-hetero) is 1. The Bertz CT molecular complexity index is 1850. The summed E-state index contributed by atoms with van der Waals surface area (Å²) >= 11 is 0. The van der Waals surface area contributed by atoms with E-state index in [1.807, 2.05) is 85.8 Å². The second-order valence-corrected chi connectivity index (χ2v) is 11.3. The lowest BCUT2D eigenvalue weighted by Gasteiger charge is -2.39. The smallest absolute Gasteiger partial charge is 0.251 e. The highest BCUT2D eigenvalue weighted by molar-refractivity contribution is 5.98. The van der Waals surface area contributed by atoms with Crippen LogP contribution in [0.25, 0.3) is 11.3 Å². The van der Waals surface area contributed by atoms with Crippen LogP contribution in [0.4, 0.5) is 17.3 Å². The van der Waals surface area contributed by atoms with Crippen LogP contribution in [-0.2, 0) is 6.42 Å². The molecule has 0 aliphatic carbocycles. The Kier molecular flexibility index (Phi) is 9.09. The number of nitrogens with one attached hydrogen (secondary N) is 3. The van der Waals surface area contributed by atoms with Crippen LogP contribution in [0.2, 0.25) is 0 Å². The zero-order valence-electron chi connectivity index (χ0n) is 25.6. The van der Waals surface area contributed by atoms with E-state index < -0.39 is 6.04 Å². The first-order valence-corrected chi connectivity index (χ1v) is 15.1. The molecule has 0 radical (unpaired) electrons. The lowest BCUT2D eigenvalue weighted by Crippen LogP contribution is -2.42. The summed E-state index contributed by atoms with van der Waals surface area (Å²) in [7, 11) is 1.58. The van der Waals surface area contributed by atoms with Gasteiger partial charge in [-0.1, -0.05) is 48.5 Å². The first kappa shape index (κ1) is 30.6. The second kappa shape index (κ2) is 13.7. The fourth-order valence-electron chi connectivity index (χ4n) is 5.98. The van der Waals surface area contributed by atoms with Gasteiger partial charge in [0.1, 0.15) is 0 Å². The third-order valence-corrected chi connectivity index (χ3v) is 8.28. The van der Waals surface area contributed by atoms with E-state index >= 15 is 0 Å². The van der Waals surface area contributed by atoms with E-state index in [0.29, 0.717) is 34.7 Å². The highest BCUT2D eigenvalue weighted by atomic mass is 16.5. The fourth-order valence-corrected chi connectivity index (χ4v) is 5.98. The second-order valence-electron chi connectivity index (χ2n) is 11.3. The van der Waals surface area contributed by atoms with E-state index in [-0.39, 0.29) is 30.7 Å². The zero-order valence-corrected chi connectivity index (χ0v) is 25.6. The van der Waals surface area contributed by atoms with Gasteiger partial charge in [0.15, 0.2) is 5.78 Å². The maximum atomic E-state index is 14.1. The Balaban J connectivity index is 1.31. The third kappa shape index (κ3) is 6.63. The number of amides is 1. The van der Waals surface area contributed by atoms with Crippen LogP contribution >= 0.6 is 0 Å². The third-order valence-electron chi connectivity index (χ3n) is 8.28. The van der Waals surface area contributed by atoms with Crippen LogP contribution in [0.1, 0.15) is 49.9 Å². The van der Waals surface area contributed by atoms with Crippen molar-refractivity contribution in [3.05, 3.63) is 131 Å². The van der Waals surface area contributed by atoms with Gasteiger partial charge >= 0.3 is 0 Å². The SMILES string of the molecule is CNC(=O)c1cccc2c1[C@H](C(CC(=O)c1ccc(C)c(Nc3nccc(-c4cccnc4)n3)c1)Cc1ccccc1)N(O)CN2. The van der Waals surface area contributed by atoms with Gasteiger partial charge in [-0.3, -0.25) is 14.6 Å². The minimum Gasteiger partial charge on any atom is -0.370 e. The number of fused-ring (bicyclic) bond motifs is 1. The molecule has 3 heterocycles. The van der Waals surface area contributed by atoms with E-state index in [1.54, 1.807) is 31.7 Å². The molecule has 232 valence electrons. The number of rotatable bonds is 10. The Morgan fingerprint density at radius 2 is 1.87 bits per heavy atom. The molecule has 1 unspecified atom stereocenters. The molecule has 6 rings (SSSR count). The molecule has 0 fully saturated rings. The average molecular weight is 614 g/mol. The van der Waals surface area contributed by atoms with Crippen molar-refractivity contribution < 1.29 is 14.8 Å². The number of pyridine rings is 1. The molecule has 1 aliphatic heterocycles. The lowest BCUT2D eigenvalue weighted by molar-refractivity contribution is -0.141. The molecule has 2 atom stereocenters. The predicted octanol–water partition coefficient (Wildman–Crippen LogP) is 6.20. The van der Waals surface area contributed by atoms with E-state index in [4.69, 9.17) is 0 Å². The van der Waals surface area contributed by atoms with Gasteiger partial charge in [0.25, 0.3) is 5.91 Å². The number of carbonyl (C=O) groups excluding carboxylic acids is 2. The van der Waals surface area contributed by atoms with Crippen LogP contribution in [-0.4, -0.2) is 50.6 Å². The van der Waals surface area contributed by atoms with Gasteiger partial charge in [-0.25, -0.2) is 9.97 Å². The van der Waals surface area contributed by atoms with Crippen molar-refractivity contribution in [3.8, 4) is 11.3 Å². The molecular formula is C36H35N7O3. The van der Waals surface area contributed by atoms with Crippen molar-refractivity contribution in [2.75, 3.05) is 24.3 Å². The van der Waals surface area contributed by atoms with Crippen molar-refractivity contribution in [1.82, 2.24) is 25.3 Å². The number of anilines is 3. The summed E-state index contributed by atoms with van der Waals surface area (Å²) in [4.78, 5) is 40.3. The topological polar surface area (TPSA) is 132 Å². The van der Waals surface area contributed by atoms with Gasteiger partial charge in [0.05, 0.1) is 18.4 Å². The number of ketones is 1. The lowest BCUT2D eigenvalue weighted by atomic mass is 9.80. The highest BCUT2D eigenvalue weighted by Crippen LogP contribution is 2.41. The number of carbonyl (C=O) groups is 2. The van der Waals surface area contributed by atoms with E-state index in [9.17, 15) is 14.8 Å². The van der Waals surface area contributed by atoms with Gasteiger partial charge in [-0.15, -0.1) is 0 Å². The van der Waals surface area contributed by atoms with Gasteiger partial charge in [0, 0.05) is 65.7 Å². The Hall–Kier alpha value is -5.45. The van der Waals surface area contributed by atoms with Crippen molar-refractivity contribution >= 4 is 29.0 Å². The van der Waals surface area contributed by atoms with Crippen LogP contribution in [0.5, 0.6) is 0 Å². The minimum absolute atomic E-state index is 0.0834. The van der Waals surface area contributed by atoms with Gasteiger partial charge < -0.3 is 21.2 Å². The molecular weight excluding hydrogens is 578 g/mol. The molecule has 0 saturated heterocycles. The van der Waals surface area contributed by atoms with Crippen LogP contribution in [0.3, 0.4) is 0 Å². The molecule has 46 heavy (non-hydrogen) atoms. The van der Waals surface area contributed by atoms with E-state index in [0.717, 1.165) is 28.1 Å². The number of nitrogens with zero attached hydrogens (tertiary/aromatic N) is 4. The summed E-state index contributed by atoms with van der Waals surface area (Å²) in [5.74, 6) is -0.295. The molecule has 1 amide bonds. The summed E-state index contributed by atoms with van der Waals surface area (Å²) < 4.78 is 0. The molecule has 1 aliphatic rings. The van der Waals surface area contributed by atoms with E-state index in [1.165, 1.54) is 5.06 Å². The van der Waals surface area contributed by atoms with Gasteiger partial charge in [0.2, 0.25) is 5.95 Å². The average Bonchev–Trinajstić information content (AvgIpc) is 3.09.